The van der Waals surface area contributed by atoms with E-state index in [0.29, 0.717) is 5.02 Å². The molecule has 23 heavy (non-hydrogen) atoms. The molecule has 2 atom stereocenters. The number of Topliss-reactive ketones (excluding diaryl/α,β-unsaturated/α-hetero) is 2. The second-order valence-corrected chi connectivity index (χ2v) is 6.27. The van der Waals surface area contributed by atoms with Crippen molar-refractivity contribution in [1.29, 1.82) is 0 Å². The topological polar surface area (TPSA) is 43.4 Å². The monoisotopic (exact) mass is 328 g/mol. The van der Waals surface area contributed by atoms with Gasteiger partial charge in [0.2, 0.25) is 0 Å². The second kappa shape index (κ2) is 6.17. The molecule has 1 fully saturated rings. The Bertz CT molecular complexity index is 782. The summed E-state index contributed by atoms with van der Waals surface area (Å²) in [6.07, 6.45) is 0.231. The summed E-state index contributed by atoms with van der Waals surface area (Å²) in [5.74, 6) is -0.466. The fraction of sp³-hybridized carbons (Fsp3) is 0.263. The lowest BCUT2D eigenvalue weighted by Gasteiger charge is -2.14. The van der Waals surface area contributed by atoms with Crippen LogP contribution >= 0.6 is 11.6 Å². The molecule has 3 rings (SSSR count). The number of benzene rings is 2. The van der Waals surface area contributed by atoms with E-state index in [2.05, 4.69) is 0 Å². The summed E-state index contributed by atoms with van der Waals surface area (Å²) in [6.45, 7) is 1.89. The van der Waals surface area contributed by atoms with Gasteiger partial charge in [-0.2, -0.15) is 0 Å². The maximum absolute atomic E-state index is 12.8. The number of ketones is 2. The Balaban J connectivity index is 1.96. The summed E-state index contributed by atoms with van der Waals surface area (Å²) < 4.78 is 5.19. The maximum atomic E-state index is 12.8. The maximum Gasteiger partial charge on any atom is 0.155 e. The number of aryl methyl sites for hydroxylation is 1. The fourth-order valence-corrected chi connectivity index (χ4v) is 3.41. The van der Waals surface area contributed by atoms with E-state index in [1.165, 1.54) is 0 Å². The van der Waals surface area contributed by atoms with Gasteiger partial charge in [0.1, 0.15) is 17.5 Å². The molecule has 0 aliphatic heterocycles. The third-order valence-electron chi connectivity index (χ3n) is 4.39. The van der Waals surface area contributed by atoms with Crippen molar-refractivity contribution in [3.05, 3.63) is 64.2 Å². The molecule has 0 saturated heterocycles. The SMILES string of the molecule is COc1ccc(C2C(=O)CC(c3cccc(Cl)c3)C2=O)c(C)c1. The van der Waals surface area contributed by atoms with Crippen LogP contribution in [0.5, 0.6) is 5.75 Å². The average Bonchev–Trinajstić information content (AvgIpc) is 2.82. The minimum absolute atomic E-state index is 0.0340. The number of hydrogen-bond donors (Lipinski definition) is 0. The van der Waals surface area contributed by atoms with Gasteiger partial charge in [0.25, 0.3) is 0 Å². The molecule has 0 heterocycles. The van der Waals surface area contributed by atoms with Gasteiger partial charge in [-0.3, -0.25) is 9.59 Å². The van der Waals surface area contributed by atoms with Gasteiger partial charge in [0, 0.05) is 11.4 Å². The molecule has 0 spiro atoms. The van der Waals surface area contributed by atoms with E-state index in [0.717, 1.165) is 22.4 Å². The Hall–Kier alpha value is -2.13. The van der Waals surface area contributed by atoms with Gasteiger partial charge in [-0.25, -0.2) is 0 Å². The van der Waals surface area contributed by atoms with Gasteiger partial charge >= 0.3 is 0 Å². The third kappa shape index (κ3) is 2.89. The molecule has 118 valence electrons. The van der Waals surface area contributed by atoms with E-state index in [1.807, 2.05) is 25.1 Å². The summed E-state index contributed by atoms with van der Waals surface area (Å²) in [7, 11) is 1.59. The first kappa shape index (κ1) is 15.8. The Kier molecular flexibility index (Phi) is 4.22. The normalized spacial score (nSPS) is 20.8. The van der Waals surface area contributed by atoms with Gasteiger partial charge in [0.15, 0.2) is 5.78 Å². The Morgan fingerprint density at radius 3 is 2.57 bits per heavy atom. The van der Waals surface area contributed by atoms with Crippen LogP contribution in [0.3, 0.4) is 0 Å². The average molecular weight is 329 g/mol. The number of halogens is 1. The molecule has 3 nitrogen and oxygen atoms in total. The number of carbonyl (C=O) groups is 2. The van der Waals surface area contributed by atoms with E-state index in [1.54, 1.807) is 31.4 Å². The predicted molar refractivity (Wildman–Crippen MR) is 89.3 cm³/mol. The van der Waals surface area contributed by atoms with Gasteiger partial charge in [-0.05, 0) is 47.9 Å². The molecule has 1 saturated carbocycles. The lowest BCUT2D eigenvalue weighted by Crippen LogP contribution is -2.15. The van der Waals surface area contributed by atoms with Crippen LogP contribution in [0.25, 0.3) is 0 Å². The largest absolute Gasteiger partial charge is 0.497 e. The molecule has 1 aliphatic carbocycles. The van der Waals surface area contributed by atoms with Crippen molar-refractivity contribution in [1.82, 2.24) is 0 Å². The van der Waals surface area contributed by atoms with Crippen molar-refractivity contribution >= 4 is 23.2 Å². The van der Waals surface area contributed by atoms with Gasteiger partial charge in [-0.1, -0.05) is 29.8 Å². The van der Waals surface area contributed by atoms with E-state index < -0.39 is 11.8 Å². The zero-order valence-electron chi connectivity index (χ0n) is 13.0. The van der Waals surface area contributed by atoms with Gasteiger partial charge in [-0.15, -0.1) is 0 Å². The molecule has 2 aromatic carbocycles. The van der Waals surface area contributed by atoms with Crippen molar-refractivity contribution in [2.45, 2.75) is 25.2 Å². The Labute approximate surface area is 140 Å². The van der Waals surface area contributed by atoms with E-state index in [9.17, 15) is 9.59 Å². The first-order valence-electron chi connectivity index (χ1n) is 7.47. The molecule has 0 bridgehead atoms. The highest BCUT2D eigenvalue weighted by atomic mass is 35.5. The number of carbonyl (C=O) groups excluding carboxylic acids is 2. The zero-order valence-corrected chi connectivity index (χ0v) is 13.8. The summed E-state index contributed by atoms with van der Waals surface area (Å²) in [4.78, 5) is 25.3. The first-order valence-corrected chi connectivity index (χ1v) is 7.85. The molecular formula is C19H17ClO3. The Morgan fingerprint density at radius 1 is 1.13 bits per heavy atom. The number of ether oxygens (including phenoxy) is 1. The number of methoxy groups -OCH3 is 1. The highest BCUT2D eigenvalue weighted by molar-refractivity contribution is 6.30. The zero-order chi connectivity index (χ0) is 16.6. The van der Waals surface area contributed by atoms with Crippen molar-refractivity contribution in [2.24, 2.45) is 0 Å². The van der Waals surface area contributed by atoms with Crippen LogP contribution in [0.1, 0.15) is 34.9 Å². The third-order valence-corrected chi connectivity index (χ3v) is 4.63. The molecule has 0 radical (unpaired) electrons. The number of hydrogen-bond acceptors (Lipinski definition) is 3. The van der Waals surface area contributed by atoms with Crippen LogP contribution in [-0.4, -0.2) is 18.7 Å². The summed E-state index contributed by atoms with van der Waals surface area (Å²) in [6, 6.07) is 12.6. The van der Waals surface area contributed by atoms with Crippen LogP contribution < -0.4 is 4.74 Å². The molecule has 4 heteroatoms. The summed E-state index contributed by atoms with van der Waals surface area (Å²) >= 11 is 6.01. The van der Waals surface area contributed by atoms with Crippen LogP contribution in [-0.2, 0) is 9.59 Å². The summed E-state index contributed by atoms with van der Waals surface area (Å²) in [5.41, 5.74) is 2.47. The predicted octanol–water partition coefficient (Wildman–Crippen LogP) is 4.07. The van der Waals surface area contributed by atoms with E-state index in [4.69, 9.17) is 16.3 Å². The fourth-order valence-electron chi connectivity index (χ4n) is 3.21. The van der Waals surface area contributed by atoms with E-state index >= 15 is 0 Å². The van der Waals surface area contributed by atoms with Crippen molar-refractivity contribution in [2.75, 3.05) is 7.11 Å². The molecule has 2 aromatic rings. The van der Waals surface area contributed by atoms with Crippen LogP contribution in [0.2, 0.25) is 5.02 Å². The molecule has 1 aliphatic rings. The Morgan fingerprint density at radius 2 is 1.91 bits per heavy atom. The second-order valence-electron chi connectivity index (χ2n) is 5.84. The van der Waals surface area contributed by atoms with Crippen LogP contribution in [0.4, 0.5) is 0 Å². The summed E-state index contributed by atoms with van der Waals surface area (Å²) in [5, 5.41) is 0.576. The minimum atomic E-state index is -0.690. The lowest BCUT2D eigenvalue weighted by atomic mass is 9.89. The molecule has 0 aromatic heterocycles. The van der Waals surface area contributed by atoms with Crippen molar-refractivity contribution < 1.29 is 14.3 Å². The first-order chi connectivity index (χ1) is 11.0. The molecular weight excluding hydrogens is 312 g/mol. The quantitative estimate of drug-likeness (QED) is 0.798. The highest BCUT2D eigenvalue weighted by Gasteiger charge is 2.43. The van der Waals surface area contributed by atoms with Crippen molar-refractivity contribution in [3.8, 4) is 5.75 Å². The smallest absolute Gasteiger partial charge is 0.155 e. The van der Waals surface area contributed by atoms with Gasteiger partial charge in [0.05, 0.1) is 13.0 Å². The van der Waals surface area contributed by atoms with Crippen molar-refractivity contribution in [3.63, 3.8) is 0 Å². The molecule has 2 unspecified atom stereocenters. The standard InChI is InChI=1S/C19H17ClO3/c1-11-8-14(23-2)6-7-15(11)18-17(21)10-16(19(18)22)12-4-3-5-13(20)9-12/h3-9,16,18H,10H2,1-2H3. The highest BCUT2D eigenvalue weighted by Crippen LogP contribution is 2.40. The van der Waals surface area contributed by atoms with Crippen LogP contribution in [0.15, 0.2) is 42.5 Å². The molecule has 0 N–H and O–H groups in total. The van der Waals surface area contributed by atoms with Gasteiger partial charge < -0.3 is 4.74 Å². The molecule has 0 amide bonds. The minimum Gasteiger partial charge on any atom is -0.497 e. The lowest BCUT2D eigenvalue weighted by molar-refractivity contribution is -0.124. The van der Waals surface area contributed by atoms with Crippen LogP contribution in [0, 0.1) is 6.92 Å². The number of rotatable bonds is 3. The van der Waals surface area contributed by atoms with E-state index in [-0.39, 0.29) is 18.0 Å².